The van der Waals surface area contributed by atoms with Crippen LogP contribution in [0, 0.1) is 12.8 Å². The molecule has 1 aliphatic rings. The molecule has 1 aliphatic carbocycles. The molecular formula is C18H17ClN2O4S. The molecule has 136 valence electrons. The number of methoxy groups -OCH3 is 1. The van der Waals surface area contributed by atoms with Crippen molar-refractivity contribution in [1.82, 2.24) is 0 Å². The van der Waals surface area contributed by atoms with Crippen LogP contribution in [0.4, 0.5) is 10.7 Å². The normalized spacial score (nSPS) is 13.2. The van der Waals surface area contributed by atoms with Gasteiger partial charge in [0.2, 0.25) is 5.91 Å². The van der Waals surface area contributed by atoms with E-state index in [1.807, 2.05) is 0 Å². The van der Waals surface area contributed by atoms with Gasteiger partial charge in [-0.1, -0.05) is 17.7 Å². The molecule has 6 nitrogen and oxygen atoms in total. The topological polar surface area (TPSA) is 84.5 Å². The highest BCUT2D eigenvalue weighted by Gasteiger charge is 2.32. The minimum absolute atomic E-state index is 0.0216. The minimum atomic E-state index is -0.591. The summed E-state index contributed by atoms with van der Waals surface area (Å²) in [6.07, 6.45) is 1.68. The van der Waals surface area contributed by atoms with E-state index in [4.69, 9.17) is 16.3 Å². The van der Waals surface area contributed by atoms with Gasteiger partial charge in [-0.25, -0.2) is 4.79 Å². The Hall–Kier alpha value is -2.38. The van der Waals surface area contributed by atoms with Crippen LogP contribution in [0.15, 0.2) is 24.3 Å². The van der Waals surface area contributed by atoms with Gasteiger partial charge in [0.05, 0.1) is 17.6 Å². The number of nitrogens with one attached hydrogen (secondary N) is 2. The van der Waals surface area contributed by atoms with Gasteiger partial charge in [-0.05, 0) is 43.5 Å². The number of carbonyl (C=O) groups is 3. The Morgan fingerprint density at radius 3 is 2.58 bits per heavy atom. The first-order chi connectivity index (χ1) is 12.4. The van der Waals surface area contributed by atoms with E-state index in [2.05, 4.69) is 10.6 Å². The largest absolute Gasteiger partial charge is 0.465 e. The van der Waals surface area contributed by atoms with Crippen LogP contribution >= 0.6 is 22.9 Å². The number of amides is 2. The number of hydrogen-bond donors (Lipinski definition) is 2. The third-order valence-corrected chi connectivity index (χ3v) is 5.45. The zero-order chi connectivity index (χ0) is 18.8. The van der Waals surface area contributed by atoms with Gasteiger partial charge in [-0.2, -0.15) is 0 Å². The fourth-order valence-electron chi connectivity index (χ4n) is 2.48. The third-order valence-electron chi connectivity index (χ3n) is 4.01. The van der Waals surface area contributed by atoms with Crippen molar-refractivity contribution in [1.29, 1.82) is 0 Å². The molecule has 1 aromatic carbocycles. The smallest absolute Gasteiger partial charge is 0.341 e. The Bertz CT molecular complexity index is 889. The summed E-state index contributed by atoms with van der Waals surface area (Å²) in [6, 6.07) is 6.76. The summed E-state index contributed by atoms with van der Waals surface area (Å²) >= 11 is 6.99. The molecule has 8 heteroatoms. The Balaban J connectivity index is 1.90. The van der Waals surface area contributed by atoms with Crippen LogP contribution in [0.2, 0.25) is 5.02 Å². The Kier molecular flexibility index (Phi) is 5.29. The third kappa shape index (κ3) is 3.89. The maximum Gasteiger partial charge on any atom is 0.341 e. The van der Waals surface area contributed by atoms with Gasteiger partial charge in [0.25, 0.3) is 5.91 Å². The molecule has 0 aliphatic heterocycles. The lowest BCUT2D eigenvalue weighted by Crippen LogP contribution is -2.15. The summed E-state index contributed by atoms with van der Waals surface area (Å²) in [5, 5.41) is 6.34. The maximum atomic E-state index is 12.6. The summed E-state index contributed by atoms with van der Waals surface area (Å²) in [5.41, 5.74) is 1.22. The Labute approximate surface area is 159 Å². The van der Waals surface area contributed by atoms with Crippen molar-refractivity contribution in [3.05, 3.63) is 45.3 Å². The van der Waals surface area contributed by atoms with Crippen LogP contribution < -0.4 is 10.6 Å². The van der Waals surface area contributed by atoms with E-state index in [1.54, 1.807) is 31.2 Å². The van der Waals surface area contributed by atoms with Crippen molar-refractivity contribution in [2.75, 3.05) is 17.7 Å². The Morgan fingerprint density at radius 1 is 1.23 bits per heavy atom. The zero-order valence-electron chi connectivity index (χ0n) is 14.2. The SMILES string of the molecule is COC(=O)c1c(NC(=O)C2CC2)sc(C(=O)Nc2cccc(Cl)c2)c1C. The second-order valence-corrected chi connectivity index (χ2v) is 7.44. The first-order valence-corrected chi connectivity index (χ1v) is 9.19. The average molecular weight is 393 g/mol. The molecule has 2 amide bonds. The molecule has 0 unspecified atom stereocenters. The predicted molar refractivity (Wildman–Crippen MR) is 101 cm³/mol. The van der Waals surface area contributed by atoms with Gasteiger partial charge in [0, 0.05) is 16.6 Å². The summed E-state index contributed by atoms with van der Waals surface area (Å²) in [6.45, 7) is 1.66. The molecule has 26 heavy (non-hydrogen) atoms. The second-order valence-electron chi connectivity index (χ2n) is 5.98. The van der Waals surface area contributed by atoms with E-state index in [0.717, 1.165) is 24.2 Å². The molecule has 1 aromatic heterocycles. The Morgan fingerprint density at radius 2 is 1.96 bits per heavy atom. The van der Waals surface area contributed by atoms with E-state index >= 15 is 0 Å². The molecule has 2 aromatic rings. The number of thiophene rings is 1. The highest BCUT2D eigenvalue weighted by molar-refractivity contribution is 7.19. The lowest BCUT2D eigenvalue weighted by molar-refractivity contribution is -0.117. The monoisotopic (exact) mass is 392 g/mol. The predicted octanol–water partition coefficient (Wildman–Crippen LogP) is 4.10. The highest BCUT2D eigenvalue weighted by atomic mass is 35.5. The highest BCUT2D eigenvalue weighted by Crippen LogP contribution is 2.37. The number of anilines is 2. The second kappa shape index (κ2) is 7.47. The van der Waals surface area contributed by atoms with Crippen LogP contribution in [0.5, 0.6) is 0 Å². The van der Waals surface area contributed by atoms with Crippen LogP contribution in [0.1, 0.15) is 38.4 Å². The van der Waals surface area contributed by atoms with E-state index in [1.165, 1.54) is 7.11 Å². The van der Waals surface area contributed by atoms with Gasteiger partial charge < -0.3 is 15.4 Å². The summed E-state index contributed by atoms with van der Waals surface area (Å²) in [4.78, 5) is 37.2. The quantitative estimate of drug-likeness (QED) is 0.750. The minimum Gasteiger partial charge on any atom is -0.465 e. The fourth-order valence-corrected chi connectivity index (χ4v) is 3.76. The van der Waals surface area contributed by atoms with Crippen molar-refractivity contribution >= 4 is 51.4 Å². The first kappa shape index (κ1) is 18.4. The standard InChI is InChI=1S/C18H17ClN2O4S/c1-9-13(18(24)25-2)17(21-15(22)10-6-7-10)26-14(9)16(23)20-12-5-3-4-11(19)8-12/h3-5,8,10H,6-7H2,1-2H3,(H,20,23)(H,21,22). The fraction of sp³-hybridized carbons (Fsp3) is 0.278. The summed E-state index contributed by atoms with van der Waals surface area (Å²) in [7, 11) is 1.26. The molecule has 1 saturated carbocycles. The molecule has 2 N–H and O–H groups in total. The van der Waals surface area contributed by atoms with Crippen molar-refractivity contribution in [2.24, 2.45) is 5.92 Å². The molecule has 3 rings (SSSR count). The number of rotatable bonds is 5. The maximum absolute atomic E-state index is 12.6. The van der Waals surface area contributed by atoms with Crippen molar-refractivity contribution in [3.8, 4) is 0 Å². The van der Waals surface area contributed by atoms with Gasteiger partial charge in [0.1, 0.15) is 5.00 Å². The zero-order valence-corrected chi connectivity index (χ0v) is 15.8. The van der Waals surface area contributed by atoms with Crippen molar-refractivity contribution in [3.63, 3.8) is 0 Å². The molecule has 1 fully saturated rings. The van der Waals surface area contributed by atoms with E-state index in [0.29, 0.717) is 26.2 Å². The van der Waals surface area contributed by atoms with Crippen LogP contribution in [-0.4, -0.2) is 24.9 Å². The van der Waals surface area contributed by atoms with Gasteiger partial charge in [0.15, 0.2) is 0 Å². The molecule has 0 atom stereocenters. The molecular weight excluding hydrogens is 376 g/mol. The van der Waals surface area contributed by atoms with Crippen LogP contribution in [0.25, 0.3) is 0 Å². The molecule has 0 radical (unpaired) electrons. The average Bonchev–Trinajstić information content (AvgIpc) is 3.39. The van der Waals surface area contributed by atoms with Crippen LogP contribution in [-0.2, 0) is 9.53 Å². The van der Waals surface area contributed by atoms with Gasteiger partial charge in [-0.3, -0.25) is 9.59 Å². The van der Waals surface area contributed by atoms with E-state index in [-0.39, 0.29) is 23.3 Å². The molecule has 0 bridgehead atoms. The number of benzene rings is 1. The number of carbonyl (C=O) groups excluding carboxylic acids is 3. The number of ether oxygens (including phenoxy) is 1. The molecule has 1 heterocycles. The first-order valence-electron chi connectivity index (χ1n) is 8.00. The van der Waals surface area contributed by atoms with E-state index in [9.17, 15) is 14.4 Å². The van der Waals surface area contributed by atoms with Gasteiger partial charge >= 0.3 is 5.97 Å². The molecule has 0 spiro atoms. The lowest BCUT2D eigenvalue weighted by Gasteiger charge is -2.05. The lowest BCUT2D eigenvalue weighted by atomic mass is 10.1. The molecule has 0 saturated heterocycles. The van der Waals surface area contributed by atoms with Gasteiger partial charge in [-0.15, -0.1) is 11.3 Å². The number of halogens is 1. The summed E-state index contributed by atoms with van der Waals surface area (Å²) < 4.78 is 4.81. The van der Waals surface area contributed by atoms with E-state index < -0.39 is 5.97 Å². The van der Waals surface area contributed by atoms with Crippen LogP contribution in [0.3, 0.4) is 0 Å². The summed E-state index contributed by atoms with van der Waals surface area (Å²) in [5.74, 6) is -1.14. The number of hydrogen-bond acceptors (Lipinski definition) is 5. The number of esters is 1. The van der Waals surface area contributed by atoms with Crippen molar-refractivity contribution < 1.29 is 19.1 Å². The van der Waals surface area contributed by atoms with Crippen molar-refractivity contribution in [2.45, 2.75) is 19.8 Å².